The molecular weight excluding hydrogens is 1080 g/mol. The Morgan fingerprint density at radius 1 is 0.658 bits per heavy atom. The van der Waals surface area contributed by atoms with Gasteiger partial charge in [-0.25, -0.2) is 19.6 Å². The van der Waals surface area contributed by atoms with Gasteiger partial charge in [-0.1, -0.05) is 84.0 Å². The SMILES string of the molecule is CCCCn1c(=O)c2c(C(O)c3ccc(Cl)cc3)c(Oc3cncc(Cl)c3)cnc2n(C)c1=O.Cn1c(=O)n(CCCOC=O)c(=O)c2c(Cc3ccc(Cl)cc3)c(Oc3cncc(Cl)c3)cnc21.O=CO.[Zn]. The minimum atomic E-state index is -1.27. The number of aromatic nitrogens is 8. The topological polar surface area (TPSA) is 242 Å². The molecule has 0 saturated heterocycles. The van der Waals surface area contributed by atoms with Crippen LogP contribution in [0.2, 0.25) is 20.1 Å². The third-order valence-corrected chi connectivity index (χ3v) is 11.7. The largest absolute Gasteiger partial charge is 0.483 e. The van der Waals surface area contributed by atoms with Gasteiger partial charge < -0.3 is 24.4 Å². The summed E-state index contributed by atoms with van der Waals surface area (Å²) in [5.74, 6) is 1.13. The summed E-state index contributed by atoms with van der Waals surface area (Å²) in [7, 11) is 3.09. The minimum Gasteiger partial charge on any atom is -0.483 e. The summed E-state index contributed by atoms with van der Waals surface area (Å²) in [5, 5.41) is 20.5. The van der Waals surface area contributed by atoms with E-state index in [-0.39, 0.29) is 79.0 Å². The van der Waals surface area contributed by atoms with Crippen LogP contribution in [0, 0.1) is 0 Å². The summed E-state index contributed by atoms with van der Waals surface area (Å²) in [4.78, 5) is 88.4. The Morgan fingerprint density at radius 2 is 1.14 bits per heavy atom. The van der Waals surface area contributed by atoms with Crippen LogP contribution in [0.4, 0.5) is 0 Å². The molecule has 0 amide bonds. The molecule has 0 aliphatic heterocycles. The van der Waals surface area contributed by atoms with Gasteiger partial charge in [0.25, 0.3) is 24.1 Å². The predicted octanol–water partition coefficient (Wildman–Crippen LogP) is 7.91. The number of aliphatic hydroxyl groups is 1. The van der Waals surface area contributed by atoms with Crippen LogP contribution in [-0.2, 0) is 67.4 Å². The number of benzene rings is 2. The smallest absolute Gasteiger partial charge is 0.332 e. The number of carboxylic acid groups (broad SMARTS) is 1. The van der Waals surface area contributed by atoms with Crippen LogP contribution >= 0.6 is 46.4 Å². The summed E-state index contributed by atoms with van der Waals surface area (Å²) in [6, 6.07) is 16.9. The molecule has 6 aromatic heterocycles. The van der Waals surface area contributed by atoms with Gasteiger partial charge in [0, 0.05) is 98.8 Å². The van der Waals surface area contributed by atoms with Crippen LogP contribution in [0.3, 0.4) is 0 Å². The van der Waals surface area contributed by atoms with E-state index >= 15 is 0 Å². The first-order chi connectivity index (χ1) is 34.6. The molecule has 0 fully saturated rings. The maximum absolute atomic E-state index is 13.6. The molecule has 376 valence electrons. The van der Waals surface area contributed by atoms with E-state index in [0.29, 0.717) is 74.2 Å². The predicted molar refractivity (Wildman–Crippen MR) is 271 cm³/mol. The van der Waals surface area contributed by atoms with E-state index in [1.165, 1.54) is 46.3 Å². The number of halogens is 4. The summed E-state index contributed by atoms with van der Waals surface area (Å²) >= 11 is 24.1. The number of ether oxygens (including phenoxy) is 3. The van der Waals surface area contributed by atoms with Gasteiger partial charge >= 0.3 is 11.4 Å². The third kappa shape index (κ3) is 13.8. The second-order valence-electron chi connectivity index (χ2n) is 15.5. The van der Waals surface area contributed by atoms with Gasteiger partial charge in [-0.15, -0.1) is 0 Å². The molecule has 8 aromatic rings. The molecule has 0 radical (unpaired) electrons. The average molecular weight is 1130 g/mol. The zero-order valence-corrected chi connectivity index (χ0v) is 45.3. The fraction of sp³-hybridized carbons (Fsp3) is 0.224. The normalized spacial score (nSPS) is 11.1. The van der Waals surface area contributed by atoms with Gasteiger partial charge in [-0.05, 0) is 48.2 Å². The number of hydrogen-bond donors (Lipinski definition) is 2. The van der Waals surface area contributed by atoms with E-state index in [1.807, 2.05) is 19.1 Å². The van der Waals surface area contributed by atoms with Crippen molar-refractivity contribution in [2.75, 3.05) is 6.61 Å². The second kappa shape index (κ2) is 26.8. The number of hydrogen-bond acceptors (Lipinski definition) is 14. The van der Waals surface area contributed by atoms with Crippen LogP contribution in [0.5, 0.6) is 23.0 Å². The van der Waals surface area contributed by atoms with Crippen molar-refractivity contribution in [2.45, 2.75) is 51.8 Å². The van der Waals surface area contributed by atoms with E-state index in [4.69, 9.17) is 70.5 Å². The Hall–Kier alpha value is -6.80. The van der Waals surface area contributed by atoms with E-state index < -0.39 is 28.6 Å². The Kier molecular flexibility index (Phi) is 20.9. The van der Waals surface area contributed by atoms with E-state index in [2.05, 4.69) is 19.9 Å². The van der Waals surface area contributed by atoms with Crippen LogP contribution < -0.4 is 32.0 Å². The average Bonchev–Trinajstić information content (AvgIpc) is 3.36. The van der Waals surface area contributed by atoms with Crippen molar-refractivity contribution >= 4 is 81.4 Å². The Bertz CT molecular complexity index is 3480. The van der Waals surface area contributed by atoms with Gasteiger partial charge in [0.2, 0.25) is 0 Å². The number of nitrogens with zero attached hydrogens (tertiary/aromatic N) is 8. The Balaban J connectivity index is 0.000000254. The molecule has 2 N–H and O–H groups in total. The van der Waals surface area contributed by atoms with Crippen molar-refractivity contribution in [3.63, 3.8) is 0 Å². The Labute approximate surface area is 447 Å². The summed E-state index contributed by atoms with van der Waals surface area (Å²) in [6.45, 7) is 2.44. The number of carbonyl (C=O) groups is 2. The van der Waals surface area contributed by atoms with E-state index in [1.54, 1.807) is 62.6 Å². The fourth-order valence-electron chi connectivity index (χ4n) is 7.40. The van der Waals surface area contributed by atoms with Crippen LogP contribution in [0.25, 0.3) is 22.1 Å². The molecule has 73 heavy (non-hydrogen) atoms. The zero-order valence-electron chi connectivity index (χ0n) is 39.3. The second-order valence-corrected chi connectivity index (χ2v) is 17.3. The Morgan fingerprint density at radius 3 is 1.66 bits per heavy atom. The maximum Gasteiger partial charge on any atom is 0.332 e. The van der Waals surface area contributed by atoms with Crippen molar-refractivity contribution in [1.82, 2.24) is 38.2 Å². The molecule has 19 nitrogen and oxygen atoms in total. The molecule has 0 spiro atoms. The van der Waals surface area contributed by atoms with Crippen molar-refractivity contribution in [3.05, 3.63) is 182 Å². The maximum atomic E-state index is 13.6. The zero-order chi connectivity index (χ0) is 52.1. The number of carbonyl (C=O) groups excluding carboxylic acids is 1. The number of unbranched alkanes of at least 4 members (excludes halogenated alkanes) is 1. The molecule has 6 heterocycles. The molecular formula is C49H44Cl4N8O11Zn. The number of fused-ring (bicyclic) bond motifs is 2. The van der Waals surface area contributed by atoms with E-state index in [9.17, 15) is 29.1 Å². The molecule has 0 saturated carbocycles. The molecule has 0 aliphatic carbocycles. The minimum absolute atomic E-state index is 0. The van der Waals surface area contributed by atoms with Crippen molar-refractivity contribution < 1.29 is 53.5 Å². The molecule has 0 aliphatic rings. The van der Waals surface area contributed by atoms with Gasteiger partial charge in [-0.3, -0.25) is 47.4 Å². The van der Waals surface area contributed by atoms with Crippen LogP contribution in [0.15, 0.2) is 117 Å². The van der Waals surface area contributed by atoms with Crippen molar-refractivity contribution in [1.29, 1.82) is 0 Å². The first-order valence-electron chi connectivity index (χ1n) is 21.7. The van der Waals surface area contributed by atoms with E-state index in [0.717, 1.165) is 21.1 Å². The number of pyridine rings is 4. The van der Waals surface area contributed by atoms with Gasteiger partial charge in [0.1, 0.15) is 34.6 Å². The monoisotopic (exact) mass is 1120 g/mol. The molecule has 1 atom stereocenters. The fourth-order valence-corrected chi connectivity index (χ4v) is 7.98. The van der Waals surface area contributed by atoms with Gasteiger partial charge in [0.05, 0.1) is 52.2 Å². The standard InChI is InChI=1S/C24H20Cl2N4O5.C24H22Cl2N4O4.CH2O2.Zn/c1-29-22-21(23(32)30(24(29)33)7-2-8-34-14-31)19(9-15-3-5-16(25)6-4-15)20(13-28-22)35-18-10-17(26)11-27-12-18;1-3-4-9-30-23(32)20-19(21(31)14-5-7-15(25)8-6-14)18(13-28-22(20)29(2)24(30)33)34-17-10-16(26)11-27-12-17;2-1-3;/h3-6,10-14H,2,7-9H2,1H3;5-8,10-13,21,31H,3-4,9H2,1-2H3;1H,(H,2,3);. The molecule has 8 rings (SSSR count). The number of rotatable bonds is 16. The first-order valence-corrected chi connectivity index (χ1v) is 23.2. The van der Waals surface area contributed by atoms with Crippen molar-refractivity contribution in [3.8, 4) is 23.0 Å². The summed E-state index contributed by atoms with van der Waals surface area (Å²) in [5.41, 5.74) is 0.382. The third-order valence-electron chi connectivity index (χ3n) is 10.8. The quantitative estimate of drug-likeness (QED) is 0.0531. The summed E-state index contributed by atoms with van der Waals surface area (Å²) in [6.07, 6.45) is 9.50. The number of aliphatic hydroxyl groups excluding tert-OH is 1. The van der Waals surface area contributed by atoms with Gasteiger partial charge in [0.15, 0.2) is 5.75 Å². The molecule has 0 bridgehead atoms. The van der Waals surface area contributed by atoms with Crippen LogP contribution in [0.1, 0.15) is 54.5 Å². The van der Waals surface area contributed by atoms with Gasteiger partial charge in [-0.2, -0.15) is 0 Å². The molecule has 2 aromatic carbocycles. The van der Waals surface area contributed by atoms with Crippen LogP contribution in [-0.4, -0.2) is 68.0 Å². The van der Waals surface area contributed by atoms with Crippen molar-refractivity contribution in [2.24, 2.45) is 14.1 Å². The summed E-state index contributed by atoms with van der Waals surface area (Å²) < 4.78 is 21.6. The number of aryl methyl sites for hydroxylation is 2. The molecule has 24 heteroatoms. The first kappa shape index (κ1) is 57.1. The molecule has 1 unspecified atom stereocenters.